The fourth-order valence-electron chi connectivity index (χ4n) is 2.92. The van der Waals surface area contributed by atoms with Gasteiger partial charge in [0.25, 0.3) is 5.91 Å². The van der Waals surface area contributed by atoms with Crippen LogP contribution in [-0.2, 0) is 10.4 Å². The molecule has 0 spiro atoms. The molecular formula is C17H16BrNO3S. The summed E-state index contributed by atoms with van der Waals surface area (Å²) in [4.78, 5) is 27.4. The van der Waals surface area contributed by atoms with Gasteiger partial charge in [-0.2, -0.15) is 0 Å². The number of benzene rings is 1. The molecule has 1 aromatic carbocycles. The summed E-state index contributed by atoms with van der Waals surface area (Å²) in [5.74, 6) is -0.672. The molecule has 0 aliphatic carbocycles. The van der Waals surface area contributed by atoms with E-state index in [2.05, 4.69) is 15.9 Å². The lowest BCUT2D eigenvalue weighted by atomic mass is 9.89. The topological polar surface area (TPSA) is 57.6 Å². The summed E-state index contributed by atoms with van der Waals surface area (Å²) in [6.07, 6.45) is -0.251. The van der Waals surface area contributed by atoms with Gasteiger partial charge in [-0.25, -0.2) is 0 Å². The first-order valence-corrected chi connectivity index (χ1v) is 8.89. The predicted molar refractivity (Wildman–Crippen MR) is 93.9 cm³/mol. The van der Waals surface area contributed by atoms with Gasteiger partial charge in [0.05, 0.1) is 20.8 Å². The van der Waals surface area contributed by atoms with Crippen molar-refractivity contribution in [1.29, 1.82) is 0 Å². The highest BCUT2D eigenvalue weighted by Gasteiger charge is 2.51. The van der Waals surface area contributed by atoms with Crippen molar-refractivity contribution in [3.8, 4) is 0 Å². The number of carbonyl (C=O) groups is 2. The Morgan fingerprint density at radius 1 is 1.30 bits per heavy atom. The second-order valence-corrected chi connectivity index (χ2v) is 8.31. The van der Waals surface area contributed by atoms with Gasteiger partial charge in [0.2, 0.25) is 0 Å². The van der Waals surface area contributed by atoms with E-state index in [1.165, 1.54) is 11.3 Å². The number of aliphatic hydroxyl groups is 1. The first-order valence-electron chi connectivity index (χ1n) is 7.28. The molecule has 3 rings (SSSR count). The van der Waals surface area contributed by atoms with E-state index in [9.17, 15) is 14.7 Å². The molecule has 120 valence electrons. The number of nitrogens with zero attached hydrogens (tertiary/aromatic N) is 1. The van der Waals surface area contributed by atoms with Crippen LogP contribution in [0.1, 0.15) is 35.5 Å². The van der Waals surface area contributed by atoms with Gasteiger partial charge in [-0.1, -0.05) is 18.2 Å². The van der Waals surface area contributed by atoms with Crippen molar-refractivity contribution in [2.24, 2.45) is 0 Å². The highest BCUT2D eigenvalue weighted by molar-refractivity contribution is 9.11. The number of hydrogen-bond acceptors (Lipinski definition) is 4. The van der Waals surface area contributed by atoms with Crippen LogP contribution in [0.15, 0.2) is 40.2 Å². The standard InChI is InChI=1S/C17H16BrNO3S/c1-10(2)19-12-6-4-3-5-11(12)17(22,16(19)21)9-13(20)14-7-8-15(18)23-14/h3-8,10,22H,9H2,1-2H3. The molecule has 1 atom stereocenters. The average molecular weight is 394 g/mol. The molecule has 2 heterocycles. The van der Waals surface area contributed by atoms with Gasteiger partial charge in [0.15, 0.2) is 11.4 Å². The Labute approximate surface area is 146 Å². The molecule has 1 unspecified atom stereocenters. The second-order valence-electron chi connectivity index (χ2n) is 5.85. The number of carbonyl (C=O) groups excluding carboxylic acids is 2. The van der Waals surface area contributed by atoms with Crippen molar-refractivity contribution in [2.45, 2.75) is 31.9 Å². The van der Waals surface area contributed by atoms with E-state index in [4.69, 9.17) is 0 Å². The maximum Gasteiger partial charge on any atom is 0.264 e. The molecule has 0 saturated carbocycles. The Hall–Kier alpha value is -1.50. The molecule has 2 aromatic rings. The molecule has 0 fully saturated rings. The molecule has 6 heteroatoms. The zero-order chi connectivity index (χ0) is 16.8. The van der Waals surface area contributed by atoms with E-state index in [1.807, 2.05) is 19.9 Å². The van der Waals surface area contributed by atoms with E-state index in [1.54, 1.807) is 35.2 Å². The van der Waals surface area contributed by atoms with Gasteiger partial charge in [0, 0.05) is 11.6 Å². The lowest BCUT2D eigenvalue weighted by molar-refractivity contribution is -0.136. The van der Waals surface area contributed by atoms with Gasteiger partial charge in [-0.15, -0.1) is 11.3 Å². The molecule has 1 aliphatic heterocycles. The van der Waals surface area contributed by atoms with Gasteiger partial charge >= 0.3 is 0 Å². The number of ketones is 1. The molecule has 1 N–H and O–H groups in total. The number of thiophene rings is 1. The minimum absolute atomic E-state index is 0.0938. The van der Waals surface area contributed by atoms with Gasteiger partial charge in [0.1, 0.15) is 0 Å². The normalized spacial score (nSPS) is 20.2. The van der Waals surface area contributed by atoms with Crippen LogP contribution in [0.4, 0.5) is 5.69 Å². The Morgan fingerprint density at radius 2 is 2.00 bits per heavy atom. The lowest BCUT2D eigenvalue weighted by Crippen LogP contribution is -2.44. The number of Topliss-reactive ketones (excluding diaryl/α,β-unsaturated/α-hetero) is 1. The van der Waals surface area contributed by atoms with Crippen LogP contribution < -0.4 is 4.90 Å². The first kappa shape index (κ1) is 16.4. The highest BCUT2D eigenvalue weighted by Crippen LogP contribution is 2.44. The van der Waals surface area contributed by atoms with Crippen LogP contribution in [-0.4, -0.2) is 22.8 Å². The molecule has 0 bridgehead atoms. The summed E-state index contributed by atoms with van der Waals surface area (Å²) in [6, 6.07) is 10.5. The van der Waals surface area contributed by atoms with Crippen LogP contribution in [0.25, 0.3) is 0 Å². The average Bonchev–Trinajstić information content (AvgIpc) is 3.01. The van der Waals surface area contributed by atoms with Gasteiger partial charge < -0.3 is 10.0 Å². The zero-order valence-corrected chi connectivity index (χ0v) is 15.1. The smallest absolute Gasteiger partial charge is 0.264 e. The number of para-hydroxylation sites is 1. The van der Waals surface area contributed by atoms with Gasteiger partial charge in [-0.05, 0) is 48.0 Å². The summed E-state index contributed by atoms with van der Waals surface area (Å²) in [7, 11) is 0. The fraction of sp³-hybridized carbons (Fsp3) is 0.294. The van der Waals surface area contributed by atoms with Crippen LogP contribution in [0.2, 0.25) is 0 Å². The number of rotatable bonds is 4. The quantitative estimate of drug-likeness (QED) is 0.805. The van der Waals surface area contributed by atoms with E-state index in [-0.39, 0.29) is 18.2 Å². The Morgan fingerprint density at radius 3 is 2.61 bits per heavy atom. The van der Waals surface area contributed by atoms with Crippen LogP contribution >= 0.6 is 27.3 Å². The Bertz CT molecular complexity index is 786. The summed E-state index contributed by atoms with van der Waals surface area (Å²) in [5, 5.41) is 11.1. The van der Waals surface area contributed by atoms with E-state index >= 15 is 0 Å². The zero-order valence-electron chi connectivity index (χ0n) is 12.7. The minimum atomic E-state index is -1.80. The SMILES string of the molecule is CC(C)N1C(=O)C(O)(CC(=O)c2ccc(Br)s2)c2ccccc21. The number of fused-ring (bicyclic) bond motifs is 1. The molecule has 1 aliphatic rings. The third-order valence-electron chi connectivity index (χ3n) is 3.96. The van der Waals surface area contributed by atoms with E-state index < -0.39 is 11.5 Å². The molecule has 23 heavy (non-hydrogen) atoms. The number of hydrogen-bond donors (Lipinski definition) is 1. The molecule has 1 aromatic heterocycles. The number of halogens is 1. The predicted octanol–water partition coefficient (Wildman–Crippen LogP) is 3.73. The third-order valence-corrected chi connectivity index (χ3v) is 5.63. The first-order chi connectivity index (χ1) is 10.8. The van der Waals surface area contributed by atoms with Crippen LogP contribution in [0, 0.1) is 0 Å². The molecule has 4 nitrogen and oxygen atoms in total. The van der Waals surface area contributed by atoms with Crippen LogP contribution in [0.5, 0.6) is 0 Å². The number of amides is 1. The fourth-order valence-corrected chi connectivity index (χ4v) is 4.25. The van der Waals surface area contributed by atoms with Gasteiger partial charge in [-0.3, -0.25) is 9.59 Å². The summed E-state index contributed by atoms with van der Waals surface area (Å²) >= 11 is 4.62. The van der Waals surface area contributed by atoms with Crippen molar-refractivity contribution in [1.82, 2.24) is 0 Å². The molecular weight excluding hydrogens is 378 g/mol. The Kier molecular flexibility index (Phi) is 4.16. The monoisotopic (exact) mass is 393 g/mol. The van der Waals surface area contributed by atoms with E-state index in [0.29, 0.717) is 16.1 Å². The second kappa shape index (κ2) is 5.85. The number of anilines is 1. The van der Waals surface area contributed by atoms with Crippen LogP contribution in [0.3, 0.4) is 0 Å². The molecule has 0 radical (unpaired) electrons. The van der Waals surface area contributed by atoms with E-state index in [0.717, 1.165) is 3.79 Å². The maximum absolute atomic E-state index is 12.8. The summed E-state index contributed by atoms with van der Waals surface area (Å²) < 4.78 is 0.842. The largest absolute Gasteiger partial charge is 0.375 e. The van der Waals surface area contributed by atoms with Crippen molar-refractivity contribution >= 4 is 44.6 Å². The van der Waals surface area contributed by atoms with Crippen molar-refractivity contribution in [3.63, 3.8) is 0 Å². The van der Waals surface area contributed by atoms with Crippen molar-refractivity contribution < 1.29 is 14.7 Å². The van der Waals surface area contributed by atoms with Crippen molar-refractivity contribution in [3.05, 3.63) is 50.6 Å². The third kappa shape index (κ3) is 2.65. The lowest BCUT2D eigenvalue weighted by Gasteiger charge is -2.25. The Balaban J connectivity index is 2.00. The molecule has 0 saturated heterocycles. The summed E-state index contributed by atoms with van der Waals surface area (Å²) in [5.41, 5.74) is -0.619. The minimum Gasteiger partial charge on any atom is -0.375 e. The summed E-state index contributed by atoms with van der Waals surface area (Å²) in [6.45, 7) is 3.78. The van der Waals surface area contributed by atoms with Crippen molar-refractivity contribution in [2.75, 3.05) is 4.90 Å². The molecule has 1 amide bonds. The maximum atomic E-state index is 12.8. The highest BCUT2D eigenvalue weighted by atomic mass is 79.9.